The van der Waals surface area contributed by atoms with Gasteiger partial charge in [-0.05, 0) is 30.8 Å². The van der Waals surface area contributed by atoms with Crippen molar-refractivity contribution in [3.05, 3.63) is 65.5 Å². The van der Waals surface area contributed by atoms with E-state index in [4.69, 9.17) is 10.5 Å². The number of rotatable bonds is 3. The van der Waals surface area contributed by atoms with Crippen LogP contribution in [-0.2, 0) is 6.54 Å². The highest BCUT2D eigenvalue weighted by Gasteiger charge is 2.30. The molecular formula is C17H19FN2O. The normalized spacial score (nSPS) is 21.0. The van der Waals surface area contributed by atoms with Gasteiger partial charge >= 0.3 is 0 Å². The molecule has 0 amide bonds. The number of ether oxygens (including phenoxy) is 1. The highest BCUT2D eigenvalue weighted by Crippen LogP contribution is 2.32. The molecule has 110 valence electrons. The fourth-order valence-corrected chi connectivity index (χ4v) is 2.77. The predicted molar refractivity (Wildman–Crippen MR) is 80.5 cm³/mol. The number of nitrogens with two attached hydrogens (primary N) is 1. The minimum Gasteiger partial charge on any atom is -0.492 e. The van der Waals surface area contributed by atoms with E-state index in [1.165, 1.54) is 12.1 Å². The Morgan fingerprint density at radius 1 is 1.19 bits per heavy atom. The predicted octanol–water partition coefficient (Wildman–Crippen LogP) is 2.72. The molecule has 21 heavy (non-hydrogen) atoms. The molecule has 4 heteroatoms. The molecule has 3 rings (SSSR count). The molecule has 1 aliphatic heterocycles. The molecule has 1 heterocycles. The van der Waals surface area contributed by atoms with Gasteiger partial charge in [-0.3, -0.25) is 4.90 Å². The minimum atomic E-state index is -0.215. The van der Waals surface area contributed by atoms with Gasteiger partial charge in [0.25, 0.3) is 0 Å². The smallest absolute Gasteiger partial charge is 0.124 e. The van der Waals surface area contributed by atoms with E-state index in [2.05, 4.69) is 4.90 Å². The summed E-state index contributed by atoms with van der Waals surface area (Å²) >= 11 is 0. The molecule has 0 spiro atoms. The van der Waals surface area contributed by atoms with Gasteiger partial charge < -0.3 is 10.5 Å². The van der Waals surface area contributed by atoms with Gasteiger partial charge in [-0.1, -0.05) is 30.3 Å². The summed E-state index contributed by atoms with van der Waals surface area (Å²) in [6.07, 6.45) is 0. The number of para-hydroxylation sites is 1. The van der Waals surface area contributed by atoms with Crippen molar-refractivity contribution < 1.29 is 9.13 Å². The van der Waals surface area contributed by atoms with E-state index in [-0.39, 0.29) is 17.9 Å². The van der Waals surface area contributed by atoms with Crippen LogP contribution in [0.15, 0.2) is 48.5 Å². The van der Waals surface area contributed by atoms with Gasteiger partial charge in [0.15, 0.2) is 0 Å². The largest absolute Gasteiger partial charge is 0.492 e. The number of nitrogens with zero attached hydrogens (tertiary/aromatic N) is 1. The second-order valence-electron chi connectivity index (χ2n) is 5.48. The maximum atomic E-state index is 13.0. The molecule has 2 aromatic rings. The summed E-state index contributed by atoms with van der Waals surface area (Å²) in [5.41, 5.74) is 8.49. The number of hydrogen-bond donors (Lipinski definition) is 1. The van der Waals surface area contributed by atoms with Crippen LogP contribution in [-0.4, -0.2) is 24.6 Å². The Balaban J connectivity index is 1.74. The highest BCUT2D eigenvalue weighted by atomic mass is 19.1. The van der Waals surface area contributed by atoms with Crippen LogP contribution in [0.2, 0.25) is 0 Å². The Morgan fingerprint density at radius 3 is 2.67 bits per heavy atom. The molecule has 0 saturated heterocycles. The fourth-order valence-electron chi connectivity index (χ4n) is 2.77. The topological polar surface area (TPSA) is 38.5 Å². The van der Waals surface area contributed by atoms with Crippen molar-refractivity contribution in [2.24, 2.45) is 5.73 Å². The zero-order chi connectivity index (χ0) is 14.8. The van der Waals surface area contributed by atoms with Crippen molar-refractivity contribution in [1.82, 2.24) is 4.90 Å². The number of fused-ring (bicyclic) bond motifs is 1. The third-order valence-electron chi connectivity index (χ3n) is 4.01. The van der Waals surface area contributed by atoms with Crippen LogP contribution in [0.1, 0.15) is 17.2 Å². The van der Waals surface area contributed by atoms with Crippen molar-refractivity contribution in [2.75, 3.05) is 13.7 Å². The van der Waals surface area contributed by atoms with Crippen molar-refractivity contribution in [3.8, 4) is 5.75 Å². The lowest BCUT2D eigenvalue weighted by atomic mass is 9.96. The van der Waals surface area contributed by atoms with Gasteiger partial charge in [-0.25, -0.2) is 4.39 Å². The molecule has 3 nitrogen and oxygen atoms in total. The summed E-state index contributed by atoms with van der Waals surface area (Å²) in [6.45, 7) is 1.28. The standard InChI is InChI=1S/C17H19FN2O/c1-20(10-12-6-8-13(18)9-7-12)15-11-21-16-5-3-2-4-14(16)17(15)19/h2-9,15,17H,10-11,19H2,1H3. The van der Waals surface area contributed by atoms with Crippen LogP contribution in [0.5, 0.6) is 5.75 Å². The van der Waals surface area contributed by atoms with Crippen molar-refractivity contribution in [1.29, 1.82) is 0 Å². The van der Waals surface area contributed by atoms with Crippen molar-refractivity contribution in [2.45, 2.75) is 18.6 Å². The summed E-state index contributed by atoms with van der Waals surface area (Å²) in [6, 6.07) is 14.5. The third kappa shape index (κ3) is 2.91. The average molecular weight is 286 g/mol. The number of benzene rings is 2. The Morgan fingerprint density at radius 2 is 1.90 bits per heavy atom. The monoisotopic (exact) mass is 286 g/mol. The average Bonchev–Trinajstić information content (AvgIpc) is 2.50. The quantitative estimate of drug-likeness (QED) is 0.943. The number of halogens is 1. The van der Waals surface area contributed by atoms with Crippen LogP contribution in [0.25, 0.3) is 0 Å². The molecule has 0 aliphatic carbocycles. The molecule has 0 fully saturated rings. The van der Waals surface area contributed by atoms with E-state index in [9.17, 15) is 4.39 Å². The van der Waals surface area contributed by atoms with Gasteiger partial charge in [0, 0.05) is 12.1 Å². The molecule has 0 bridgehead atoms. The lowest BCUT2D eigenvalue weighted by Crippen LogP contribution is -2.46. The zero-order valence-electron chi connectivity index (χ0n) is 12.0. The summed E-state index contributed by atoms with van der Waals surface area (Å²) in [5.74, 6) is 0.657. The van der Waals surface area contributed by atoms with Crippen LogP contribution in [0, 0.1) is 5.82 Å². The molecule has 2 atom stereocenters. The minimum absolute atomic E-state index is 0.0830. The van der Waals surface area contributed by atoms with Gasteiger partial charge in [-0.15, -0.1) is 0 Å². The first-order valence-electron chi connectivity index (χ1n) is 7.07. The van der Waals surface area contributed by atoms with Crippen molar-refractivity contribution in [3.63, 3.8) is 0 Å². The van der Waals surface area contributed by atoms with Gasteiger partial charge in [0.2, 0.25) is 0 Å². The second kappa shape index (κ2) is 5.84. The molecule has 1 aliphatic rings. The molecule has 0 saturated carbocycles. The summed E-state index contributed by atoms with van der Waals surface area (Å²) < 4.78 is 18.8. The zero-order valence-corrected chi connectivity index (χ0v) is 12.0. The van der Waals surface area contributed by atoms with E-state index in [0.717, 1.165) is 16.9 Å². The van der Waals surface area contributed by atoms with Gasteiger partial charge in [-0.2, -0.15) is 0 Å². The van der Waals surface area contributed by atoms with Crippen LogP contribution in [0.3, 0.4) is 0 Å². The SMILES string of the molecule is CN(Cc1ccc(F)cc1)C1COc2ccccc2C1N. The third-order valence-corrected chi connectivity index (χ3v) is 4.01. The highest BCUT2D eigenvalue weighted by molar-refractivity contribution is 5.38. The molecule has 0 aromatic heterocycles. The lowest BCUT2D eigenvalue weighted by Gasteiger charge is -2.37. The number of likely N-dealkylation sites (N-methyl/N-ethyl adjacent to an activating group) is 1. The van der Waals surface area contributed by atoms with E-state index in [1.807, 2.05) is 31.3 Å². The Kier molecular flexibility index (Phi) is 3.90. The van der Waals surface area contributed by atoms with Gasteiger partial charge in [0.1, 0.15) is 18.2 Å². The summed E-state index contributed by atoms with van der Waals surface area (Å²) in [5, 5.41) is 0. The first-order valence-corrected chi connectivity index (χ1v) is 7.07. The van der Waals surface area contributed by atoms with Gasteiger partial charge in [0.05, 0.1) is 12.1 Å². The van der Waals surface area contributed by atoms with E-state index in [1.54, 1.807) is 12.1 Å². The maximum Gasteiger partial charge on any atom is 0.124 e. The van der Waals surface area contributed by atoms with Crippen LogP contribution >= 0.6 is 0 Å². The fraction of sp³-hybridized carbons (Fsp3) is 0.294. The molecule has 2 N–H and O–H groups in total. The molecule has 0 radical (unpaired) electrons. The molecular weight excluding hydrogens is 267 g/mol. The Hall–Kier alpha value is -1.91. The summed E-state index contributed by atoms with van der Waals surface area (Å²) in [4.78, 5) is 2.16. The second-order valence-corrected chi connectivity index (χ2v) is 5.48. The molecule has 2 aromatic carbocycles. The van der Waals surface area contributed by atoms with E-state index in [0.29, 0.717) is 13.2 Å². The van der Waals surface area contributed by atoms with E-state index < -0.39 is 0 Å². The van der Waals surface area contributed by atoms with E-state index >= 15 is 0 Å². The first-order chi connectivity index (χ1) is 10.1. The van der Waals surface area contributed by atoms with Crippen LogP contribution in [0.4, 0.5) is 4.39 Å². The maximum absolute atomic E-state index is 13.0. The lowest BCUT2D eigenvalue weighted by molar-refractivity contribution is 0.114. The Bertz CT molecular complexity index is 614. The molecule has 2 unspecified atom stereocenters. The first kappa shape index (κ1) is 14.0. The Labute approximate surface area is 124 Å². The van der Waals surface area contributed by atoms with Crippen molar-refractivity contribution >= 4 is 0 Å². The number of hydrogen-bond acceptors (Lipinski definition) is 3. The summed E-state index contributed by atoms with van der Waals surface area (Å²) in [7, 11) is 2.02. The van der Waals surface area contributed by atoms with Crippen LogP contribution < -0.4 is 10.5 Å².